The lowest BCUT2D eigenvalue weighted by atomic mass is 9.85. The third-order valence-electron chi connectivity index (χ3n) is 2.59. The highest BCUT2D eigenvalue weighted by Gasteiger charge is 2.29. The van der Waals surface area contributed by atoms with E-state index in [1.807, 2.05) is 26.8 Å². The quantitative estimate of drug-likeness (QED) is 0.677. The van der Waals surface area contributed by atoms with Crippen LogP contribution >= 0.6 is 0 Å². The van der Waals surface area contributed by atoms with Gasteiger partial charge in [-0.3, -0.25) is 0 Å². The van der Waals surface area contributed by atoms with Crippen molar-refractivity contribution in [2.45, 2.75) is 45.5 Å². The van der Waals surface area contributed by atoms with E-state index in [4.69, 9.17) is 0 Å². The van der Waals surface area contributed by atoms with Crippen molar-refractivity contribution in [2.24, 2.45) is 0 Å². The molecule has 0 aromatic heterocycles. The topological polar surface area (TPSA) is 0 Å². The van der Waals surface area contributed by atoms with Crippen LogP contribution in [-0.2, 0) is 11.3 Å². The summed E-state index contributed by atoms with van der Waals surface area (Å²) in [6.45, 7) is 7.58. The molecule has 0 amide bonds. The van der Waals surface area contributed by atoms with Gasteiger partial charge in [-0.1, -0.05) is 45.9 Å². The third-order valence-corrected chi connectivity index (χ3v) is 2.59. The summed E-state index contributed by atoms with van der Waals surface area (Å²) in [7, 11) is 0. The van der Waals surface area contributed by atoms with Gasteiger partial charge in [0.2, 0.25) is 0 Å². The first kappa shape index (κ1) is 12.2. The van der Waals surface area contributed by atoms with Crippen molar-refractivity contribution in [2.75, 3.05) is 0 Å². The number of hydrogen-bond donors (Lipinski definition) is 0. The molecule has 1 rings (SSSR count). The minimum atomic E-state index is -2.71. The van der Waals surface area contributed by atoms with Crippen LogP contribution in [0.1, 0.15) is 45.2 Å². The predicted molar refractivity (Wildman–Crippen MR) is 59.3 cm³/mol. The average molecular weight is 212 g/mol. The highest BCUT2D eigenvalue weighted by atomic mass is 19.3. The van der Waals surface area contributed by atoms with Crippen LogP contribution in [0.2, 0.25) is 0 Å². The van der Waals surface area contributed by atoms with Gasteiger partial charge in [0.25, 0.3) is 5.92 Å². The number of benzene rings is 1. The summed E-state index contributed by atoms with van der Waals surface area (Å²) in [4.78, 5) is 0. The Morgan fingerprint density at radius 3 is 2.07 bits per heavy atom. The summed E-state index contributed by atoms with van der Waals surface area (Å²) in [6, 6.07) is 6.72. The second-order valence-corrected chi connectivity index (χ2v) is 4.89. The molecule has 0 fully saturated rings. The van der Waals surface area contributed by atoms with Crippen molar-refractivity contribution in [1.82, 2.24) is 0 Å². The second-order valence-electron chi connectivity index (χ2n) is 4.89. The van der Waals surface area contributed by atoms with E-state index < -0.39 is 5.92 Å². The molecule has 0 bridgehead atoms. The van der Waals surface area contributed by atoms with E-state index >= 15 is 0 Å². The van der Waals surface area contributed by atoms with Crippen molar-refractivity contribution in [3.05, 3.63) is 35.4 Å². The van der Waals surface area contributed by atoms with Gasteiger partial charge in [0.1, 0.15) is 0 Å². The zero-order valence-electron chi connectivity index (χ0n) is 9.77. The van der Waals surface area contributed by atoms with Gasteiger partial charge in [-0.05, 0) is 17.0 Å². The normalized spacial score (nSPS) is 12.9. The Hall–Kier alpha value is -0.920. The van der Waals surface area contributed by atoms with Gasteiger partial charge in [-0.25, -0.2) is 8.78 Å². The average Bonchev–Trinajstić information content (AvgIpc) is 2.17. The number of halogens is 2. The first-order chi connectivity index (χ1) is 6.77. The van der Waals surface area contributed by atoms with E-state index in [0.29, 0.717) is 0 Å². The van der Waals surface area contributed by atoms with Crippen LogP contribution in [0.15, 0.2) is 24.3 Å². The molecule has 0 heterocycles. The fourth-order valence-corrected chi connectivity index (χ4v) is 1.42. The zero-order chi connectivity index (χ0) is 11.7. The number of alkyl halides is 2. The van der Waals surface area contributed by atoms with Crippen LogP contribution in [0, 0.1) is 0 Å². The second kappa shape index (κ2) is 3.92. The van der Waals surface area contributed by atoms with E-state index in [1.165, 1.54) is 13.0 Å². The first-order valence-corrected chi connectivity index (χ1v) is 5.26. The Kier molecular flexibility index (Phi) is 3.17. The predicted octanol–water partition coefficient (Wildman–Crippen LogP) is 4.49. The van der Waals surface area contributed by atoms with Crippen LogP contribution < -0.4 is 0 Å². The molecule has 15 heavy (non-hydrogen) atoms. The molecule has 0 spiro atoms. The third kappa shape index (κ3) is 2.77. The molecular formula is C13H18F2. The van der Waals surface area contributed by atoms with Crippen molar-refractivity contribution in [3.63, 3.8) is 0 Å². The Morgan fingerprint density at radius 2 is 1.60 bits per heavy atom. The van der Waals surface area contributed by atoms with Crippen molar-refractivity contribution < 1.29 is 8.78 Å². The lowest BCUT2D eigenvalue weighted by molar-refractivity contribution is -0.00839. The standard InChI is InChI=1S/C13H18F2/c1-5-13(14,15)11-8-6-7-10(9-11)12(2,3)4/h6-9H,5H2,1-4H3. The van der Waals surface area contributed by atoms with Gasteiger partial charge in [0.05, 0.1) is 0 Å². The molecule has 84 valence electrons. The van der Waals surface area contributed by atoms with Crippen LogP contribution in [-0.4, -0.2) is 0 Å². The van der Waals surface area contributed by atoms with E-state index in [-0.39, 0.29) is 17.4 Å². The molecule has 0 N–H and O–H groups in total. The maximum absolute atomic E-state index is 13.5. The zero-order valence-corrected chi connectivity index (χ0v) is 9.77. The molecule has 0 unspecified atom stereocenters. The first-order valence-electron chi connectivity index (χ1n) is 5.26. The maximum Gasteiger partial charge on any atom is 0.273 e. The summed E-state index contributed by atoms with van der Waals surface area (Å²) in [5.41, 5.74) is 0.991. The molecule has 2 heteroatoms. The summed E-state index contributed by atoms with van der Waals surface area (Å²) >= 11 is 0. The summed E-state index contributed by atoms with van der Waals surface area (Å²) in [5, 5.41) is 0. The van der Waals surface area contributed by atoms with E-state index in [9.17, 15) is 8.78 Å². The largest absolute Gasteiger partial charge is 0.273 e. The molecule has 0 aliphatic heterocycles. The van der Waals surface area contributed by atoms with Crippen molar-refractivity contribution in [3.8, 4) is 0 Å². The summed E-state index contributed by atoms with van der Waals surface area (Å²) in [6.07, 6.45) is -0.152. The van der Waals surface area contributed by atoms with Crippen molar-refractivity contribution >= 4 is 0 Å². The smallest absolute Gasteiger partial charge is 0.201 e. The highest BCUT2D eigenvalue weighted by molar-refractivity contribution is 5.31. The molecule has 0 atom stereocenters. The number of hydrogen-bond acceptors (Lipinski definition) is 0. The van der Waals surface area contributed by atoms with Gasteiger partial charge >= 0.3 is 0 Å². The minimum absolute atomic E-state index is 0.0835. The lowest BCUT2D eigenvalue weighted by Crippen LogP contribution is -2.15. The Balaban J connectivity index is 3.14. The SMILES string of the molecule is CCC(F)(F)c1cccc(C(C)(C)C)c1. The van der Waals surface area contributed by atoms with Gasteiger partial charge in [0.15, 0.2) is 0 Å². The van der Waals surface area contributed by atoms with Crippen LogP contribution in [0.3, 0.4) is 0 Å². The molecule has 1 aromatic carbocycles. The molecule has 0 saturated heterocycles. The number of rotatable bonds is 2. The van der Waals surface area contributed by atoms with E-state index in [0.717, 1.165) is 5.56 Å². The lowest BCUT2D eigenvalue weighted by Gasteiger charge is -2.22. The monoisotopic (exact) mass is 212 g/mol. The fourth-order valence-electron chi connectivity index (χ4n) is 1.42. The Labute approximate surface area is 90.3 Å². The van der Waals surface area contributed by atoms with Gasteiger partial charge in [-0.2, -0.15) is 0 Å². The minimum Gasteiger partial charge on any atom is -0.201 e. The Morgan fingerprint density at radius 1 is 1.07 bits per heavy atom. The summed E-state index contributed by atoms with van der Waals surface area (Å²) in [5.74, 6) is -2.71. The van der Waals surface area contributed by atoms with Crippen LogP contribution in [0.25, 0.3) is 0 Å². The highest BCUT2D eigenvalue weighted by Crippen LogP contribution is 2.33. The van der Waals surface area contributed by atoms with E-state index in [2.05, 4.69) is 0 Å². The Bertz CT molecular complexity index is 335. The molecular weight excluding hydrogens is 194 g/mol. The molecule has 0 saturated carbocycles. The molecule has 0 aliphatic rings. The molecule has 0 radical (unpaired) electrons. The van der Waals surface area contributed by atoms with E-state index in [1.54, 1.807) is 12.1 Å². The van der Waals surface area contributed by atoms with Crippen LogP contribution in [0.4, 0.5) is 8.78 Å². The van der Waals surface area contributed by atoms with Gasteiger partial charge < -0.3 is 0 Å². The molecule has 0 aliphatic carbocycles. The summed E-state index contributed by atoms with van der Waals surface area (Å²) < 4.78 is 26.9. The van der Waals surface area contributed by atoms with Crippen molar-refractivity contribution in [1.29, 1.82) is 0 Å². The van der Waals surface area contributed by atoms with Gasteiger partial charge in [0, 0.05) is 12.0 Å². The molecule has 1 aromatic rings. The fraction of sp³-hybridized carbons (Fsp3) is 0.538. The maximum atomic E-state index is 13.5. The van der Waals surface area contributed by atoms with Gasteiger partial charge in [-0.15, -0.1) is 0 Å². The molecule has 0 nitrogen and oxygen atoms in total. The van der Waals surface area contributed by atoms with Crippen LogP contribution in [0.5, 0.6) is 0 Å².